The number of rotatable bonds is 7. The number of nitro groups is 1. The van der Waals surface area contributed by atoms with Crippen molar-refractivity contribution in [2.75, 3.05) is 13.2 Å². The molecule has 112 valence electrons. The fourth-order valence-corrected chi connectivity index (χ4v) is 1.99. The van der Waals surface area contributed by atoms with Crippen LogP contribution >= 0.6 is 0 Å². The van der Waals surface area contributed by atoms with E-state index in [-0.39, 0.29) is 35.6 Å². The van der Waals surface area contributed by atoms with E-state index in [0.29, 0.717) is 5.39 Å². The number of nitro benzene ring substituents is 1. The van der Waals surface area contributed by atoms with Crippen molar-refractivity contribution in [2.45, 2.75) is 12.8 Å². The van der Waals surface area contributed by atoms with Crippen LogP contribution < -0.4 is 0 Å². The highest BCUT2D eigenvalue weighted by Gasteiger charge is 2.18. The third kappa shape index (κ3) is 3.40. The van der Waals surface area contributed by atoms with E-state index in [4.69, 9.17) is 0 Å². The van der Waals surface area contributed by atoms with E-state index in [9.17, 15) is 23.7 Å². The number of fused-ring (bicyclic) bond motifs is 1. The molecule has 0 radical (unpaired) electrons. The Kier molecular flexibility index (Phi) is 4.59. The van der Waals surface area contributed by atoms with E-state index in [1.165, 1.54) is 18.3 Å². The van der Waals surface area contributed by atoms with Gasteiger partial charge >= 0.3 is 0 Å². The molecule has 0 aliphatic carbocycles. The summed E-state index contributed by atoms with van der Waals surface area (Å²) < 4.78 is 28.4. The van der Waals surface area contributed by atoms with Gasteiger partial charge < -0.3 is 9.72 Å². The Bertz CT molecular complexity index is 669. The van der Waals surface area contributed by atoms with Gasteiger partial charge in [-0.2, -0.15) is 0 Å². The van der Waals surface area contributed by atoms with Crippen LogP contribution in [0.3, 0.4) is 0 Å². The predicted molar refractivity (Wildman–Crippen MR) is 70.7 cm³/mol. The Morgan fingerprint density at radius 3 is 2.86 bits per heavy atom. The number of aromatic amines is 1. The first-order valence-electron chi connectivity index (χ1n) is 6.14. The van der Waals surface area contributed by atoms with Crippen molar-refractivity contribution in [1.29, 1.82) is 0 Å². The van der Waals surface area contributed by atoms with Gasteiger partial charge in [0, 0.05) is 29.6 Å². The molecule has 0 spiro atoms. The van der Waals surface area contributed by atoms with Crippen molar-refractivity contribution >= 4 is 22.4 Å². The second kappa shape index (κ2) is 6.40. The van der Waals surface area contributed by atoms with Gasteiger partial charge in [-0.05, 0) is 0 Å². The summed E-state index contributed by atoms with van der Waals surface area (Å²) in [5, 5.41) is 11.3. The van der Waals surface area contributed by atoms with Gasteiger partial charge in [0.2, 0.25) is 0 Å². The minimum Gasteiger partial charge on any atom is -0.375 e. The summed E-state index contributed by atoms with van der Waals surface area (Å²) >= 11 is 0. The number of carbonyl (C=O) groups excluding carboxylic acids is 1. The van der Waals surface area contributed by atoms with Crippen LogP contribution in [0.5, 0.6) is 0 Å². The van der Waals surface area contributed by atoms with Gasteiger partial charge in [0.25, 0.3) is 12.1 Å². The van der Waals surface area contributed by atoms with Gasteiger partial charge in [0.05, 0.1) is 11.5 Å². The molecular formula is C13H12F2N2O4. The smallest absolute Gasteiger partial charge is 0.293 e. The normalized spacial score (nSPS) is 11.2. The highest BCUT2D eigenvalue weighted by molar-refractivity contribution is 6.09. The molecule has 0 atom stereocenters. The maximum Gasteiger partial charge on any atom is 0.293 e. The third-order valence-electron chi connectivity index (χ3n) is 2.91. The second-order valence-corrected chi connectivity index (χ2v) is 4.30. The topological polar surface area (TPSA) is 85.2 Å². The number of hydrogen-bond acceptors (Lipinski definition) is 4. The number of nitrogens with zero attached hydrogens (tertiary/aromatic N) is 1. The summed E-state index contributed by atoms with van der Waals surface area (Å²) in [5.41, 5.74) is 0.425. The predicted octanol–water partition coefficient (Wildman–Crippen LogP) is 2.93. The first-order valence-corrected chi connectivity index (χ1v) is 6.14. The third-order valence-corrected chi connectivity index (χ3v) is 2.91. The average Bonchev–Trinajstić information content (AvgIpc) is 2.86. The van der Waals surface area contributed by atoms with Gasteiger partial charge in [-0.3, -0.25) is 14.9 Å². The molecule has 0 saturated carbocycles. The zero-order chi connectivity index (χ0) is 15.4. The zero-order valence-electron chi connectivity index (χ0n) is 10.8. The molecule has 0 unspecified atom stereocenters. The minimum atomic E-state index is -2.57. The first-order chi connectivity index (χ1) is 10.0. The van der Waals surface area contributed by atoms with Gasteiger partial charge in [-0.1, -0.05) is 12.1 Å². The van der Waals surface area contributed by atoms with Crippen LogP contribution in [0.25, 0.3) is 10.9 Å². The lowest BCUT2D eigenvalue weighted by atomic mass is 10.1. The monoisotopic (exact) mass is 298 g/mol. The summed E-state index contributed by atoms with van der Waals surface area (Å²) in [5.74, 6) is -0.323. The summed E-state index contributed by atoms with van der Waals surface area (Å²) in [6.45, 7) is -0.836. The van der Waals surface area contributed by atoms with E-state index in [1.807, 2.05) is 0 Å². The van der Waals surface area contributed by atoms with Crippen LogP contribution in [0.15, 0.2) is 24.4 Å². The highest BCUT2D eigenvalue weighted by Crippen LogP contribution is 2.27. The lowest BCUT2D eigenvalue weighted by Gasteiger charge is -2.02. The van der Waals surface area contributed by atoms with Crippen molar-refractivity contribution in [2.24, 2.45) is 0 Å². The maximum absolute atomic E-state index is 12.0. The van der Waals surface area contributed by atoms with Gasteiger partial charge in [-0.15, -0.1) is 0 Å². The van der Waals surface area contributed by atoms with E-state index in [1.54, 1.807) is 6.07 Å². The highest BCUT2D eigenvalue weighted by atomic mass is 19.3. The van der Waals surface area contributed by atoms with Crippen LogP contribution in [0.2, 0.25) is 0 Å². The van der Waals surface area contributed by atoms with E-state index in [2.05, 4.69) is 9.72 Å². The number of para-hydroxylation sites is 1. The minimum absolute atomic E-state index is 0.0671. The van der Waals surface area contributed by atoms with Crippen LogP contribution in [-0.4, -0.2) is 35.3 Å². The molecule has 0 fully saturated rings. The molecule has 6 nitrogen and oxygen atoms in total. The molecule has 1 N–H and O–H groups in total. The Morgan fingerprint density at radius 1 is 1.43 bits per heavy atom. The van der Waals surface area contributed by atoms with Gasteiger partial charge in [0.1, 0.15) is 12.1 Å². The van der Waals surface area contributed by atoms with Crippen molar-refractivity contribution in [3.63, 3.8) is 0 Å². The molecule has 1 heterocycles. The van der Waals surface area contributed by atoms with Crippen LogP contribution in [-0.2, 0) is 4.74 Å². The van der Waals surface area contributed by atoms with E-state index in [0.717, 1.165) is 0 Å². The number of benzene rings is 1. The summed E-state index contributed by atoms with van der Waals surface area (Å²) in [6, 6.07) is 4.41. The SMILES string of the molecule is O=C(CCOCC(F)F)c1c[nH]c2c([N+](=O)[O-])cccc12. The van der Waals surface area contributed by atoms with Gasteiger partial charge in [-0.25, -0.2) is 8.78 Å². The van der Waals surface area contributed by atoms with Crippen molar-refractivity contribution in [3.05, 3.63) is 40.1 Å². The lowest BCUT2D eigenvalue weighted by molar-refractivity contribution is -0.383. The Balaban J connectivity index is 2.13. The Hall–Kier alpha value is -2.35. The Labute approximate surface area is 117 Å². The van der Waals surface area contributed by atoms with E-state index < -0.39 is 18.0 Å². The maximum atomic E-state index is 12.0. The molecule has 21 heavy (non-hydrogen) atoms. The number of halogens is 2. The van der Waals surface area contributed by atoms with Crippen molar-refractivity contribution < 1.29 is 23.2 Å². The second-order valence-electron chi connectivity index (χ2n) is 4.30. The van der Waals surface area contributed by atoms with Crippen LogP contribution in [0.1, 0.15) is 16.8 Å². The number of Topliss-reactive ketones (excluding diaryl/α,β-unsaturated/α-hetero) is 1. The molecule has 2 rings (SSSR count). The number of nitrogens with one attached hydrogen (secondary N) is 1. The Morgan fingerprint density at radius 2 is 2.19 bits per heavy atom. The molecule has 1 aromatic carbocycles. The zero-order valence-corrected chi connectivity index (χ0v) is 10.8. The summed E-state index contributed by atoms with van der Waals surface area (Å²) in [7, 11) is 0. The number of ether oxygens (including phenoxy) is 1. The molecule has 0 bridgehead atoms. The number of ketones is 1. The first kappa shape index (κ1) is 15.0. The summed E-state index contributed by atoms with van der Waals surface area (Å²) in [6.07, 6.45) is -1.26. The van der Waals surface area contributed by atoms with Crippen LogP contribution in [0.4, 0.5) is 14.5 Å². The number of hydrogen-bond donors (Lipinski definition) is 1. The summed E-state index contributed by atoms with van der Waals surface area (Å²) in [4.78, 5) is 25.0. The quantitative estimate of drug-likeness (QED) is 0.368. The number of alkyl halides is 2. The molecule has 0 aliphatic heterocycles. The molecule has 2 aromatic rings. The van der Waals surface area contributed by atoms with Crippen molar-refractivity contribution in [3.8, 4) is 0 Å². The fraction of sp³-hybridized carbons (Fsp3) is 0.308. The van der Waals surface area contributed by atoms with Crippen molar-refractivity contribution in [1.82, 2.24) is 4.98 Å². The fourth-order valence-electron chi connectivity index (χ4n) is 1.99. The van der Waals surface area contributed by atoms with Crippen LogP contribution in [0, 0.1) is 10.1 Å². The number of carbonyl (C=O) groups is 1. The molecule has 0 aliphatic rings. The van der Waals surface area contributed by atoms with E-state index >= 15 is 0 Å². The molecule has 8 heteroatoms. The average molecular weight is 298 g/mol. The largest absolute Gasteiger partial charge is 0.375 e. The number of H-pyrrole nitrogens is 1. The molecule has 0 saturated heterocycles. The van der Waals surface area contributed by atoms with Gasteiger partial charge in [0.15, 0.2) is 5.78 Å². The molecule has 1 aromatic heterocycles. The number of non-ortho nitro benzene ring substituents is 1. The number of aromatic nitrogens is 1. The molecule has 0 amide bonds. The standard InChI is InChI=1S/C13H12F2N2O4/c14-12(15)7-21-5-4-11(18)9-6-16-13-8(9)2-1-3-10(13)17(19)20/h1-3,6,12,16H,4-5,7H2. The lowest BCUT2D eigenvalue weighted by Crippen LogP contribution is -2.09. The molecular weight excluding hydrogens is 286 g/mol.